The quantitative estimate of drug-likeness (QED) is 0.814. The van der Waals surface area contributed by atoms with Crippen LogP contribution < -0.4 is 17.7 Å². The predicted molar refractivity (Wildman–Crippen MR) is 77.2 cm³/mol. The van der Waals surface area contributed by atoms with E-state index in [1.165, 1.54) is 0 Å². The normalized spacial score (nSPS) is 11.9. The van der Waals surface area contributed by atoms with E-state index in [1.807, 2.05) is 43.3 Å². The third kappa shape index (κ3) is 4.25. The molecule has 0 aliphatic rings. The molecule has 0 aliphatic heterocycles. The molecule has 0 fully saturated rings. The standard InChI is InChI=1S/C15H18ClNO2.ClH/c1-2-11(10-18)17-9-12-7-8-15(19-12)13-5-3-4-6-14(13)16;/h3-8,11,17-18H,2,9-10H2,1H3;1H/p-1. The molecule has 0 aliphatic carbocycles. The van der Waals surface area contributed by atoms with Crippen LogP contribution in [-0.4, -0.2) is 17.8 Å². The molecule has 0 saturated heterocycles. The molecule has 20 heavy (non-hydrogen) atoms. The number of benzene rings is 1. The van der Waals surface area contributed by atoms with Crippen molar-refractivity contribution in [2.24, 2.45) is 0 Å². The molecule has 0 bridgehead atoms. The van der Waals surface area contributed by atoms with Gasteiger partial charge in [0.25, 0.3) is 0 Å². The van der Waals surface area contributed by atoms with Crippen LogP contribution in [-0.2, 0) is 6.54 Å². The van der Waals surface area contributed by atoms with Gasteiger partial charge in [-0.2, -0.15) is 0 Å². The van der Waals surface area contributed by atoms with E-state index in [0.29, 0.717) is 11.6 Å². The predicted octanol–water partition coefficient (Wildman–Crippen LogP) is 0.464. The maximum absolute atomic E-state index is 9.11. The Hall–Kier alpha value is -1.000. The largest absolute Gasteiger partial charge is 1.00 e. The number of rotatable bonds is 6. The van der Waals surface area contributed by atoms with Crippen molar-refractivity contribution in [1.82, 2.24) is 5.32 Å². The Balaban J connectivity index is 0.00000200. The smallest absolute Gasteiger partial charge is 0.135 e. The molecule has 1 unspecified atom stereocenters. The Morgan fingerprint density at radius 3 is 2.65 bits per heavy atom. The molecule has 110 valence electrons. The molecule has 0 amide bonds. The van der Waals surface area contributed by atoms with Gasteiger partial charge in [0.05, 0.1) is 18.2 Å². The number of hydrogen-bond donors (Lipinski definition) is 2. The van der Waals surface area contributed by atoms with Crippen LogP contribution in [0.25, 0.3) is 11.3 Å². The number of aliphatic hydroxyl groups is 1. The first-order chi connectivity index (χ1) is 9.24. The fourth-order valence-electron chi connectivity index (χ4n) is 1.86. The third-order valence-corrected chi connectivity index (χ3v) is 3.41. The van der Waals surface area contributed by atoms with Gasteiger partial charge in [-0.1, -0.05) is 30.7 Å². The molecule has 2 N–H and O–H groups in total. The molecule has 0 spiro atoms. The maximum atomic E-state index is 9.11. The summed E-state index contributed by atoms with van der Waals surface area (Å²) in [5.41, 5.74) is 0.893. The third-order valence-electron chi connectivity index (χ3n) is 3.08. The molecule has 3 nitrogen and oxygen atoms in total. The number of hydrogen-bond acceptors (Lipinski definition) is 3. The second-order valence-electron chi connectivity index (χ2n) is 4.41. The highest BCUT2D eigenvalue weighted by Crippen LogP contribution is 2.28. The highest BCUT2D eigenvalue weighted by atomic mass is 35.5. The Labute approximate surface area is 130 Å². The molecule has 5 heteroatoms. The molecule has 0 saturated carbocycles. The molecular formula is C15H18Cl2NO2-. The molecule has 2 aromatic rings. The van der Waals surface area contributed by atoms with Gasteiger partial charge in [0.2, 0.25) is 0 Å². The van der Waals surface area contributed by atoms with E-state index in [-0.39, 0.29) is 25.1 Å². The molecule has 1 heterocycles. The van der Waals surface area contributed by atoms with Crippen LogP contribution in [0.1, 0.15) is 19.1 Å². The lowest BCUT2D eigenvalue weighted by atomic mass is 10.2. The minimum Gasteiger partial charge on any atom is -1.00 e. The number of aliphatic hydroxyl groups excluding tert-OH is 1. The summed E-state index contributed by atoms with van der Waals surface area (Å²) < 4.78 is 5.76. The topological polar surface area (TPSA) is 45.4 Å². The van der Waals surface area contributed by atoms with E-state index in [1.54, 1.807) is 0 Å². The van der Waals surface area contributed by atoms with E-state index < -0.39 is 0 Å². The summed E-state index contributed by atoms with van der Waals surface area (Å²) in [5.74, 6) is 1.60. The highest BCUT2D eigenvalue weighted by molar-refractivity contribution is 6.33. The molecule has 1 aromatic carbocycles. The Morgan fingerprint density at radius 1 is 1.25 bits per heavy atom. The molecule has 1 aromatic heterocycles. The SMILES string of the molecule is CCC(CO)NCc1ccc(-c2ccccc2Cl)o1.[Cl-]. The number of nitrogens with one attached hydrogen (secondary N) is 1. The van der Waals surface area contributed by atoms with Crippen LogP contribution in [0.15, 0.2) is 40.8 Å². The van der Waals surface area contributed by atoms with Gasteiger partial charge < -0.3 is 27.2 Å². The lowest BCUT2D eigenvalue weighted by molar-refractivity contribution is -0.00000542. The van der Waals surface area contributed by atoms with Crippen molar-refractivity contribution in [2.45, 2.75) is 25.9 Å². The summed E-state index contributed by atoms with van der Waals surface area (Å²) in [6.07, 6.45) is 0.884. The van der Waals surface area contributed by atoms with Gasteiger partial charge in [0.15, 0.2) is 0 Å². The van der Waals surface area contributed by atoms with Crippen molar-refractivity contribution in [1.29, 1.82) is 0 Å². The van der Waals surface area contributed by atoms with Crippen molar-refractivity contribution >= 4 is 11.6 Å². The van der Waals surface area contributed by atoms with Gasteiger partial charge in [-0.15, -0.1) is 0 Å². The van der Waals surface area contributed by atoms with Gasteiger partial charge >= 0.3 is 0 Å². The number of halogens is 2. The molecular weight excluding hydrogens is 297 g/mol. The molecule has 1 atom stereocenters. The lowest BCUT2D eigenvalue weighted by Crippen LogP contribution is -3.00. The monoisotopic (exact) mass is 314 g/mol. The van der Waals surface area contributed by atoms with Crippen molar-refractivity contribution in [2.75, 3.05) is 6.61 Å². The van der Waals surface area contributed by atoms with E-state index >= 15 is 0 Å². The van der Waals surface area contributed by atoms with Crippen molar-refractivity contribution in [3.63, 3.8) is 0 Å². The first-order valence-electron chi connectivity index (χ1n) is 6.42. The summed E-state index contributed by atoms with van der Waals surface area (Å²) in [6, 6.07) is 11.5. The van der Waals surface area contributed by atoms with Gasteiger partial charge in [-0.05, 0) is 30.7 Å². The van der Waals surface area contributed by atoms with Crippen LogP contribution in [0.5, 0.6) is 0 Å². The van der Waals surface area contributed by atoms with E-state index in [0.717, 1.165) is 23.5 Å². The van der Waals surface area contributed by atoms with Crippen LogP contribution in [0.3, 0.4) is 0 Å². The zero-order chi connectivity index (χ0) is 13.7. The van der Waals surface area contributed by atoms with Crippen molar-refractivity contribution < 1.29 is 21.9 Å². The maximum Gasteiger partial charge on any atom is 0.135 e. The first kappa shape index (κ1) is 17.1. The fraction of sp³-hybridized carbons (Fsp3) is 0.333. The average molecular weight is 315 g/mol. The molecule has 2 rings (SSSR count). The second kappa shape index (κ2) is 8.32. The number of furan rings is 1. The van der Waals surface area contributed by atoms with Gasteiger partial charge in [-0.25, -0.2) is 0 Å². The van der Waals surface area contributed by atoms with Crippen LogP contribution in [0.2, 0.25) is 5.02 Å². The van der Waals surface area contributed by atoms with E-state index in [9.17, 15) is 0 Å². The first-order valence-corrected chi connectivity index (χ1v) is 6.80. The minimum atomic E-state index is 0. The Bertz CT molecular complexity index is 524. The lowest BCUT2D eigenvalue weighted by Gasteiger charge is -2.12. The summed E-state index contributed by atoms with van der Waals surface area (Å²) in [4.78, 5) is 0. The summed E-state index contributed by atoms with van der Waals surface area (Å²) in [7, 11) is 0. The van der Waals surface area contributed by atoms with Crippen LogP contribution >= 0.6 is 11.6 Å². The summed E-state index contributed by atoms with van der Waals surface area (Å²) in [5, 5.41) is 13.0. The van der Waals surface area contributed by atoms with E-state index in [4.69, 9.17) is 21.1 Å². The summed E-state index contributed by atoms with van der Waals surface area (Å²) >= 11 is 6.13. The van der Waals surface area contributed by atoms with Gasteiger partial charge in [0, 0.05) is 11.6 Å². The van der Waals surface area contributed by atoms with Crippen LogP contribution in [0.4, 0.5) is 0 Å². The Kier molecular flexibility index (Phi) is 7.10. The fourth-order valence-corrected chi connectivity index (χ4v) is 2.09. The zero-order valence-corrected chi connectivity index (χ0v) is 12.8. The van der Waals surface area contributed by atoms with Gasteiger partial charge in [0.1, 0.15) is 11.5 Å². The average Bonchev–Trinajstić information content (AvgIpc) is 2.89. The van der Waals surface area contributed by atoms with Crippen molar-refractivity contribution in [3.05, 3.63) is 47.2 Å². The van der Waals surface area contributed by atoms with Crippen molar-refractivity contribution in [3.8, 4) is 11.3 Å². The minimum absolute atomic E-state index is 0. The van der Waals surface area contributed by atoms with E-state index in [2.05, 4.69) is 5.32 Å². The van der Waals surface area contributed by atoms with Gasteiger partial charge in [-0.3, -0.25) is 0 Å². The summed E-state index contributed by atoms with van der Waals surface area (Å²) in [6.45, 7) is 2.77. The van der Waals surface area contributed by atoms with Crippen LogP contribution in [0, 0.1) is 0 Å². The molecule has 0 radical (unpaired) electrons. The second-order valence-corrected chi connectivity index (χ2v) is 4.82. The zero-order valence-electron chi connectivity index (χ0n) is 11.3. The highest BCUT2D eigenvalue weighted by Gasteiger charge is 2.09. The Morgan fingerprint density at radius 2 is 2.00 bits per heavy atom.